The van der Waals surface area contributed by atoms with E-state index < -0.39 is 5.91 Å². The Balaban J connectivity index is 1.67. The summed E-state index contributed by atoms with van der Waals surface area (Å²) < 4.78 is 6.90. The predicted molar refractivity (Wildman–Crippen MR) is 105 cm³/mol. The number of benzene rings is 2. The van der Waals surface area contributed by atoms with Crippen LogP contribution >= 0.6 is 0 Å². The van der Waals surface area contributed by atoms with Crippen molar-refractivity contribution in [3.63, 3.8) is 0 Å². The van der Waals surface area contributed by atoms with Crippen LogP contribution in [0.5, 0.6) is 0 Å². The molecular formula is C21H17N5O2. The molecule has 2 heterocycles. The molecule has 4 aromatic rings. The Hall–Kier alpha value is -4.00. The molecule has 2 aromatic heterocycles. The Morgan fingerprint density at radius 1 is 1.00 bits per heavy atom. The number of nitrogens with zero attached hydrogens (tertiary/aromatic N) is 4. The monoisotopic (exact) mass is 371 g/mol. The maximum Gasteiger partial charge on any atom is 0.311 e. The molecule has 0 fully saturated rings. The summed E-state index contributed by atoms with van der Waals surface area (Å²) in [5, 5.41) is 8.46. The summed E-state index contributed by atoms with van der Waals surface area (Å²) in [6.07, 6.45) is 1.55. The van der Waals surface area contributed by atoms with Gasteiger partial charge in [0.2, 0.25) is 5.82 Å². The Morgan fingerprint density at radius 2 is 1.71 bits per heavy atom. The third-order valence-corrected chi connectivity index (χ3v) is 4.05. The number of carbonyl (C=O) groups is 1. The molecule has 1 N–H and O–H groups in total. The molecule has 138 valence electrons. The molecule has 0 unspecified atom stereocenters. The smallest absolute Gasteiger partial charge is 0.311 e. The van der Waals surface area contributed by atoms with Crippen LogP contribution in [-0.4, -0.2) is 26.4 Å². The van der Waals surface area contributed by atoms with E-state index in [2.05, 4.69) is 20.6 Å². The maximum absolute atomic E-state index is 12.6. The standard InChI is InChI=1S/C21H17N5O2/c1-15(18-13-8-14-28-18)23-24-21(27)19-22-20(16-9-4-2-5-10-16)26(25-19)17-11-6-3-7-12-17/h2-14H,1H3,(H,24,27)/b23-15+. The SMILES string of the molecule is C/C(=N\NC(=O)c1nc(-c2ccccc2)n(-c2ccccc2)n1)c1ccco1. The van der Waals surface area contributed by atoms with Gasteiger partial charge in [-0.1, -0.05) is 48.5 Å². The number of carbonyl (C=O) groups excluding carboxylic acids is 1. The molecule has 28 heavy (non-hydrogen) atoms. The molecule has 0 radical (unpaired) electrons. The summed E-state index contributed by atoms with van der Waals surface area (Å²) in [6, 6.07) is 22.6. The largest absolute Gasteiger partial charge is 0.463 e. The summed E-state index contributed by atoms with van der Waals surface area (Å²) >= 11 is 0. The molecule has 0 aliphatic rings. The molecule has 2 aromatic carbocycles. The van der Waals surface area contributed by atoms with Crippen molar-refractivity contribution in [3.05, 3.63) is 90.6 Å². The van der Waals surface area contributed by atoms with Crippen LogP contribution < -0.4 is 5.43 Å². The molecule has 0 spiro atoms. The van der Waals surface area contributed by atoms with E-state index in [0.717, 1.165) is 11.3 Å². The van der Waals surface area contributed by atoms with Gasteiger partial charge in [-0.3, -0.25) is 4.79 Å². The first-order valence-corrected chi connectivity index (χ1v) is 8.69. The van der Waals surface area contributed by atoms with Crippen LogP contribution in [0.25, 0.3) is 17.1 Å². The van der Waals surface area contributed by atoms with Crippen LogP contribution in [0.3, 0.4) is 0 Å². The van der Waals surface area contributed by atoms with Crippen molar-refractivity contribution >= 4 is 11.6 Å². The van der Waals surface area contributed by atoms with Crippen LogP contribution in [0.1, 0.15) is 23.3 Å². The average Bonchev–Trinajstić information content (AvgIpc) is 3.43. The number of rotatable bonds is 5. The lowest BCUT2D eigenvalue weighted by Crippen LogP contribution is -2.21. The van der Waals surface area contributed by atoms with Crippen molar-refractivity contribution in [2.45, 2.75) is 6.92 Å². The Morgan fingerprint density at radius 3 is 2.39 bits per heavy atom. The number of aromatic nitrogens is 3. The summed E-state index contributed by atoms with van der Waals surface area (Å²) in [5.74, 6) is 0.674. The third-order valence-electron chi connectivity index (χ3n) is 4.05. The van der Waals surface area contributed by atoms with E-state index >= 15 is 0 Å². The van der Waals surface area contributed by atoms with Crippen LogP contribution in [-0.2, 0) is 0 Å². The van der Waals surface area contributed by atoms with Gasteiger partial charge in [0.1, 0.15) is 11.5 Å². The molecule has 0 saturated heterocycles. The molecule has 1 amide bonds. The molecule has 7 heteroatoms. The highest BCUT2D eigenvalue weighted by Gasteiger charge is 2.18. The van der Waals surface area contributed by atoms with Gasteiger partial charge in [0.05, 0.1) is 12.0 Å². The quantitative estimate of drug-likeness (QED) is 0.428. The first kappa shape index (κ1) is 17.4. The van der Waals surface area contributed by atoms with Gasteiger partial charge in [0.15, 0.2) is 5.82 Å². The van der Waals surface area contributed by atoms with Crippen LogP contribution in [0.4, 0.5) is 0 Å². The van der Waals surface area contributed by atoms with E-state index in [1.807, 2.05) is 60.7 Å². The van der Waals surface area contributed by atoms with Crippen LogP contribution in [0.2, 0.25) is 0 Å². The molecule has 7 nitrogen and oxygen atoms in total. The second kappa shape index (κ2) is 7.71. The van der Waals surface area contributed by atoms with Crippen LogP contribution in [0, 0.1) is 0 Å². The van der Waals surface area contributed by atoms with Gasteiger partial charge < -0.3 is 4.42 Å². The van der Waals surface area contributed by atoms with E-state index in [9.17, 15) is 4.79 Å². The van der Waals surface area contributed by atoms with Gasteiger partial charge in [-0.05, 0) is 31.2 Å². The highest BCUT2D eigenvalue weighted by Crippen LogP contribution is 2.20. The molecule has 0 bridgehead atoms. The van der Waals surface area contributed by atoms with E-state index in [-0.39, 0.29) is 5.82 Å². The summed E-state index contributed by atoms with van der Waals surface area (Å²) in [7, 11) is 0. The lowest BCUT2D eigenvalue weighted by Gasteiger charge is -2.05. The van der Waals surface area contributed by atoms with Crippen molar-refractivity contribution in [2.24, 2.45) is 5.10 Å². The molecule has 0 saturated carbocycles. The van der Waals surface area contributed by atoms with Crippen LogP contribution in [0.15, 0.2) is 88.6 Å². The van der Waals surface area contributed by atoms with Gasteiger partial charge in [0.25, 0.3) is 0 Å². The van der Waals surface area contributed by atoms with Gasteiger partial charge in [-0.2, -0.15) is 5.10 Å². The Labute approximate surface area is 161 Å². The number of nitrogens with one attached hydrogen (secondary N) is 1. The van der Waals surface area contributed by atoms with E-state index in [0.29, 0.717) is 17.3 Å². The number of hydrogen-bond donors (Lipinski definition) is 1. The number of furan rings is 1. The normalized spacial score (nSPS) is 11.4. The van der Waals surface area contributed by atoms with Gasteiger partial charge >= 0.3 is 5.91 Å². The first-order valence-electron chi connectivity index (χ1n) is 8.69. The number of hydrogen-bond acceptors (Lipinski definition) is 5. The maximum atomic E-state index is 12.6. The van der Waals surface area contributed by atoms with E-state index in [1.165, 1.54) is 0 Å². The van der Waals surface area contributed by atoms with Crippen molar-refractivity contribution in [3.8, 4) is 17.1 Å². The van der Waals surface area contributed by atoms with Crippen molar-refractivity contribution < 1.29 is 9.21 Å². The van der Waals surface area contributed by atoms with E-state index in [4.69, 9.17) is 4.42 Å². The number of para-hydroxylation sites is 1. The zero-order valence-corrected chi connectivity index (χ0v) is 15.1. The highest BCUT2D eigenvalue weighted by molar-refractivity contribution is 5.98. The summed E-state index contributed by atoms with van der Waals surface area (Å²) in [5.41, 5.74) is 4.69. The minimum absolute atomic E-state index is 0.0266. The molecule has 0 aliphatic carbocycles. The second-order valence-corrected chi connectivity index (χ2v) is 5.99. The van der Waals surface area contributed by atoms with Crippen molar-refractivity contribution in [1.29, 1.82) is 0 Å². The van der Waals surface area contributed by atoms with E-state index in [1.54, 1.807) is 30.0 Å². The zero-order valence-electron chi connectivity index (χ0n) is 15.1. The highest BCUT2D eigenvalue weighted by atomic mass is 16.3. The number of hydrazone groups is 1. The fourth-order valence-corrected chi connectivity index (χ4v) is 2.66. The second-order valence-electron chi connectivity index (χ2n) is 5.99. The van der Waals surface area contributed by atoms with Gasteiger partial charge in [-0.25, -0.2) is 15.1 Å². The first-order chi connectivity index (χ1) is 13.7. The predicted octanol–water partition coefficient (Wildman–Crippen LogP) is 3.68. The topological polar surface area (TPSA) is 85.3 Å². The minimum atomic E-state index is -0.502. The summed E-state index contributed by atoms with van der Waals surface area (Å²) in [6.45, 7) is 1.74. The van der Waals surface area contributed by atoms with Crippen molar-refractivity contribution in [2.75, 3.05) is 0 Å². The average molecular weight is 371 g/mol. The lowest BCUT2D eigenvalue weighted by molar-refractivity contribution is 0.0944. The molecule has 0 aliphatic heterocycles. The minimum Gasteiger partial charge on any atom is -0.463 e. The fourth-order valence-electron chi connectivity index (χ4n) is 2.66. The molecular weight excluding hydrogens is 354 g/mol. The summed E-state index contributed by atoms with van der Waals surface area (Å²) in [4.78, 5) is 17.0. The zero-order chi connectivity index (χ0) is 19.3. The lowest BCUT2D eigenvalue weighted by atomic mass is 10.2. The molecule has 0 atom stereocenters. The van der Waals surface area contributed by atoms with Gasteiger partial charge in [-0.15, -0.1) is 5.10 Å². The third kappa shape index (κ3) is 3.59. The fraction of sp³-hybridized carbons (Fsp3) is 0.0476. The van der Waals surface area contributed by atoms with Gasteiger partial charge in [0, 0.05) is 5.56 Å². The Kier molecular flexibility index (Phi) is 4.79. The van der Waals surface area contributed by atoms with Crippen molar-refractivity contribution in [1.82, 2.24) is 20.2 Å². The Bertz CT molecular complexity index is 1040. The molecule has 4 rings (SSSR count). The number of amides is 1.